The smallest absolute Gasteiger partial charge is 0.123 e. The molecule has 0 aliphatic heterocycles. The molecule has 4 heteroatoms. The van der Waals surface area contributed by atoms with E-state index in [1.165, 1.54) is 12.1 Å². The third-order valence-electron chi connectivity index (χ3n) is 2.00. The van der Waals surface area contributed by atoms with Gasteiger partial charge in [-0.05, 0) is 29.8 Å². The van der Waals surface area contributed by atoms with E-state index in [9.17, 15) is 4.39 Å². The van der Waals surface area contributed by atoms with Crippen LogP contribution < -0.4 is 0 Å². The molecule has 0 spiro atoms. The summed E-state index contributed by atoms with van der Waals surface area (Å²) in [5.74, 6) is 0.563. The number of aromatic nitrogens is 1. The highest BCUT2D eigenvalue weighted by molar-refractivity contribution is 7.98. The summed E-state index contributed by atoms with van der Waals surface area (Å²) in [6.45, 7) is 0. The zero-order valence-electron chi connectivity index (χ0n) is 8.36. The van der Waals surface area contributed by atoms with Gasteiger partial charge < -0.3 is 0 Å². The average molecular weight is 254 g/mol. The standard InChI is InChI=1S/C12H9ClFNS/c13-10-3-6-12(15-7-10)16-8-9-1-4-11(14)5-2-9/h1-7H,8H2. The summed E-state index contributed by atoms with van der Waals surface area (Å²) in [6.07, 6.45) is 1.62. The lowest BCUT2D eigenvalue weighted by Crippen LogP contribution is -1.83. The number of nitrogens with zero attached hydrogens (tertiary/aromatic N) is 1. The Balaban J connectivity index is 1.97. The summed E-state index contributed by atoms with van der Waals surface area (Å²) in [5.41, 5.74) is 1.07. The molecule has 0 atom stereocenters. The van der Waals surface area contributed by atoms with E-state index in [-0.39, 0.29) is 5.82 Å². The number of rotatable bonds is 3. The van der Waals surface area contributed by atoms with E-state index < -0.39 is 0 Å². The summed E-state index contributed by atoms with van der Waals surface area (Å²) in [5, 5.41) is 1.54. The molecular formula is C12H9ClFNS. The van der Waals surface area contributed by atoms with Crippen molar-refractivity contribution in [2.24, 2.45) is 0 Å². The van der Waals surface area contributed by atoms with Crippen molar-refractivity contribution in [3.05, 3.63) is 59.0 Å². The van der Waals surface area contributed by atoms with Gasteiger partial charge in [0.15, 0.2) is 0 Å². The van der Waals surface area contributed by atoms with Gasteiger partial charge in [0, 0.05) is 11.9 Å². The second kappa shape index (κ2) is 5.32. The lowest BCUT2D eigenvalue weighted by atomic mass is 10.2. The quantitative estimate of drug-likeness (QED) is 0.762. The van der Waals surface area contributed by atoms with Crippen molar-refractivity contribution in [2.45, 2.75) is 10.8 Å². The molecule has 1 heterocycles. The number of hydrogen-bond donors (Lipinski definition) is 0. The van der Waals surface area contributed by atoms with Crippen molar-refractivity contribution >= 4 is 23.4 Å². The van der Waals surface area contributed by atoms with Crippen LogP contribution in [0, 0.1) is 5.82 Å². The average Bonchev–Trinajstić information content (AvgIpc) is 2.30. The maximum Gasteiger partial charge on any atom is 0.123 e. The second-order valence-corrected chi connectivity index (χ2v) is 4.66. The molecule has 1 aromatic heterocycles. The third kappa shape index (κ3) is 3.22. The Labute approximate surface area is 103 Å². The topological polar surface area (TPSA) is 12.9 Å². The third-order valence-corrected chi connectivity index (χ3v) is 3.24. The van der Waals surface area contributed by atoms with E-state index in [1.54, 1.807) is 30.1 Å². The van der Waals surface area contributed by atoms with Crippen LogP contribution in [0.1, 0.15) is 5.56 Å². The largest absolute Gasteiger partial charge is 0.248 e. The first-order valence-electron chi connectivity index (χ1n) is 4.73. The fourth-order valence-electron chi connectivity index (χ4n) is 1.19. The van der Waals surface area contributed by atoms with Crippen molar-refractivity contribution in [1.29, 1.82) is 0 Å². The molecule has 0 fully saturated rings. The van der Waals surface area contributed by atoms with Crippen molar-refractivity contribution in [3.63, 3.8) is 0 Å². The Bertz CT molecular complexity index is 410. The first kappa shape index (κ1) is 11.4. The summed E-state index contributed by atoms with van der Waals surface area (Å²) in [6, 6.07) is 10.2. The Morgan fingerprint density at radius 3 is 2.50 bits per heavy atom. The van der Waals surface area contributed by atoms with Gasteiger partial charge in [-0.25, -0.2) is 9.37 Å². The van der Waals surface area contributed by atoms with Gasteiger partial charge in [0.2, 0.25) is 0 Å². The highest BCUT2D eigenvalue weighted by Crippen LogP contribution is 2.21. The van der Waals surface area contributed by atoms with Crippen LogP contribution in [0.15, 0.2) is 47.6 Å². The van der Waals surface area contributed by atoms with Crippen LogP contribution in [0.2, 0.25) is 5.02 Å². The molecule has 2 rings (SSSR count). The van der Waals surface area contributed by atoms with Crippen molar-refractivity contribution in [1.82, 2.24) is 4.98 Å². The predicted octanol–water partition coefficient (Wildman–Crippen LogP) is 4.17. The highest BCUT2D eigenvalue weighted by Gasteiger charge is 1.98. The molecule has 0 saturated carbocycles. The fraction of sp³-hybridized carbons (Fsp3) is 0.0833. The summed E-state index contributed by atoms with van der Waals surface area (Å²) in [4.78, 5) is 4.17. The fourth-order valence-corrected chi connectivity index (χ4v) is 2.10. The van der Waals surface area contributed by atoms with Gasteiger partial charge in [0.1, 0.15) is 5.82 Å². The van der Waals surface area contributed by atoms with Crippen LogP contribution in [0.3, 0.4) is 0 Å². The normalized spacial score (nSPS) is 10.4. The number of hydrogen-bond acceptors (Lipinski definition) is 2. The van der Waals surface area contributed by atoms with Gasteiger partial charge in [-0.3, -0.25) is 0 Å². The Kier molecular flexibility index (Phi) is 3.80. The van der Waals surface area contributed by atoms with E-state index in [2.05, 4.69) is 4.98 Å². The predicted molar refractivity (Wildman–Crippen MR) is 65.2 cm³/mol. The van der Waals surface area contributed by atoms with Crippen LogP contribution in [0.25, 0.3) is 0 Å². The molecule has 1 nitrogen and oxygen atoms in total. The highest BCUT2D eigenvalue weighted by atomic mass is 35.5. The minimum absolute atomic E-state index is 0.210. The number of pyridine rings is 1. The molecule has 2 aromatic rings. The zero-order valence-corrected chi connectivity index (χ0v) is 9.93. The summed E-state index contributed by atoms with van der Waals surface area (Å²) >= 11 is 7.33. The molecule has 16 heavy (non-hydrogen) atoms. The maximum atomic E-state index is 12.7. The van der Waals surface area contributed by atoms with Crippen molar-refractivity contribution in [2.75, 3.05) is 0 Å². The number of benzene rings is 1. The van der Waals surface area contributed by atoms with Crippen LogP contribution >= 0.6 is 23.4 Å². The van der Waals surface area contributed by atoms with Crippen LogP contribution in [0.4, 0.5) is 4.39 Å². The molecule has 0 saturated heterocycles. The molecule has 0 aliphatic rings. The van der Waals surface area contributed by atoms with E-state index in [0.717, 1.165) is 16.3 Å². The molecule has 0 bridgehead atoms. The molecule has 0 N–H and O–H groups in total. The second-order valence-electron chi connectivity index (χ2n) is 3.23. The molecule has 0 amide bonds. The van der Waals surface area contributed by atoms with E-state index >= 15 is 0 Å². The molecule has 0 unspecified atom stereocenters. The van der Waals surface area contributed by atoms with E-state index in [0.29, 0.717) is 5.02 Å². The Hall–Kier alpha value is -1.06. The summed E-state index contributed by atoms with van der Waals surface area (Å²) in [7, 11) is 0. The molecule has 1 aromatic carbocycles. The molecule has 0 radical (unpaired) electrons. The molecule has 0 aliphatic carbocycles. The van der Waals surface area contributed by atoms with Crippen LogP contribution in [0.5, 0.6) is 0 Å². The van der Waals surface area contributed by atoms with Gasteiger partial charge in [0.05, 0.1) is 10.0 Å². The van der Waals surface area contributed by atoms with Gasteiger partial charge in [-0.2, -0.15) is 0 Å². The lowest BCUT2D eigenvalue weighted by Gasteiger charge is -2.01. The van der Waals surface area contributed by atoms with E-state index in [4.69, 9.17) is 11.6 Å². The lowest BCUT2D eigenvalue weighted by molar-refractivity contribution is 0.627. The van der Waals surface area contributed by atoms with Crippen LogP contribution in [-0.2, 0) is 5.75 Å². The monoisotopic (exact) mass is 253 g/mol. The molecule has 82 valence electrons. The Morgan fingerprint density at radius 1 is 1.12 bits per heavy atom. The van der Waals surface area contributed by atoms with Gasteiger partial charge in [0.25, 0.3) is 0 Å². The minimum atomic E-state index is -0.210. The number of halogens is 2. The van der Waals surface area contributed by atoms with E-state index in [1.807, 2.05) is 12.1 Å². The SMILES string of the molecule is Fc1ccc(CSc2ccc(Cl)cn2)cc1. The number of thioether (sulfide) groups is 1. The van der Waals surface area contributed by atoms with Crippen molar-refractivity contribution < 1.29 is 4.39 Å². The molecular weight excluding hydrogens is 245 g/mol. The minimum Gasteiger partial charge on any atom is -0.248 e. The van der Waals surface area contributed by atoms with Gasteiger partial charge in [-0.15, -0.1) is 11.8 Å². The maximum absolute atomic E-state index is 12.7. The first-order valence-corrected chi connectivity index (χ1v) is 6.09. The zero-order chi connectivity index (χ0) is 11.4. The van der Waals surface area contributed by atoms with Gasteiger partial charge in [-0.1, -0.05) is 23.7 Å². The van der Waals surface area contributed by atoms with Crippen LogP contribution in [-0.4, -0.2) is 4.98 Å². The first-order chi connectivity index (χ1) is 7.74. The Morgan fingerprint density at radius 2 is 1.88 bits per heavy atom. The van der Waals surface area contributed by atoms with Crippen molar-refractivity contribution in [3.8, 4) is 0 Å². The van der Waals surface area contributed by atoms with Gasteiger partial charge >= 0.3 is 0 Å². The summed E-state index contributed by atoms with van der Waals surface area (Å²) < 4.78 is 12.7.